The third-order valence-corrected chi connectivity index (χ3v) is 3.41. The zero-order valence-corrected chi connectivity index (χ0v) is 13.0. The molecule has 0 aliphatic rings. The van der Waals surface area contributed by atoms with Crippen molar-refractivity contribution < 1.29 is 14.6 Å². The highest BCUT2D eigenvalue weighted by atomic mass is 16.5. The monoisotopic (exact) mass is 301 g/mol. The maximum atomic E-state index is 9.62. The Morgan fingerprint density at radius 2 is 1.77 bits per heavy atom. The van der Waals surface area contributed by atoms with E-state index in [1.54, 1.807) is 6.92 Å². The first-order valence-corrected chi connectivity index (χ1v) is 7.49. The molecule has 0 spiro atoms. The second-order valence-electron chi connectivity index (χ2n) is 5.18. The van der Waals surface area contributed by atoms with Crippen molar-refractivity contribution in [3.05, 3.63) is 59.7 Å². The second kappa shape index (κ2) is 7.82. The normalized spacial score (nSPS) is 13.5. The average Bonchev–Trinajstić information content (AvgIpc) is 2.54. The van der Waals surface area contributed by atoms with Gasteiger partial charge in [-0.25, -0.2) is 0 Å². The number of rotatable bonds is 7. The summed E-state index contributed by atoms with van der Waals surface area (Å²) in [6.45, 7) is 4.60. The van der Waals surface area contributed by atoms with E-state index in [9.17, 15) is 5.11 Å². The van der Waals surface area contributed by atoms with Crippen LogP contribution in [0.2, 0.25) is 0 Å². The highest BCUT2D eigenvalue weighted by Gasteiger charge is 2.15. The van der Waals surface area contributed by atoms with E-state index < -0.39 is 12.1 Å². The minimum absolute atomic E-state index is 0.442. The number of hydrogen-bond donors (Lipinski definition) is 2. The first-order chi connectivity index (χ1) is 10.6. The topological polar surface area (TPSA) is 64.7 Å². The van der Waals surface area contributed by atoms with Gasteiger partial charge in [-0.3, -0.25) is 0 Å². The van der Waals surface area contributed by atoms with Crippen LogP contribution < -0.4 is 15.2 Å². The molecule has 118 valence electrons. The maximum Gasteiger partial charge on any atom is 0.161 e. The van der Waals surface area contributed by atoms with Gasteiger partial charge in [-0.1, -0.05) is 36.4 Å². The number of benzene rings is 2. The molecule has 0 saturated heterocycles. The zero-order chi connectivity index (χ0) is 15.9. The lowest BCUT2D eigenvalue weighted by Crippen LogP contribution is -2.23. The van der Waals surface area contributed by atoms with Gasteiger partial charge in [0.1, 0.15) is 6.61 Å². The lowest BCUT2D eigenvalue weighted by Gasteiger charge is -2.18. The number of hydrogen-bond acceptors (Lipinski definition) is 4. The van der Waals surface area contributed by atoms with Crippen molar-refractivity contribution in [3.63, 3.8) is 0 Å². The first-order valence-electron chi connectivity index (χ1n) is 7.49. The summed E-state index contributed by atoms with van der Waals surface area (Å²) >= 11 is 0. The lowest BCUT2D eigenvalue weighted by atomic mass is 10.0. The Morgan fingerprint density at radius 3 is 2.41 bits per heavy atom. The van der Waals surface area contributed by atoms with Crippen LogP contribution in [-0.2, 0) is 6.61 Å². The molecule has 0 amide bonds. The highest BCUT2D eigenvalue weighted by Crippen LogP contribution is 2.31. The van der Waals surface area contributed by atoms with E-state index in [1.807, 2.05) is 55.5 Å². The zero-order valence-electron chi connectivity index (χ0n) is 13.0. The molecule has 2 atom stereocenters. The summed E-state index contributed by atoms with van der Waals surface area (Å²) in [7, 11) is 0. The summed E-state index contributed by atoms with van der Waals surface area (Å²) in [4.78, 5) is 0. The quantitative estimate of drug-likeness (QED) is 0.825. The van der Waals surface area contributed by atoms with E-state index in [1.165, 1.54) is 0 Å². The Kier molecular flexibility index (Phi) is 5.81. The molecule has 0 bridgehead atoms. The SMILES string of the molecule is CCOc1cc([C@H](N)[C@@H](C)O)ccc1OCc1ccccc1. The van der Waals surface area contributed by atoms with Gasteiger partial charge >= 0.3 is 0 Å². The van der Waals surface area contributed by atoms with Crippen LogP contribution in [-0.4, -0.2) is 17.8 Å². The Balaban J connectivity index is 2.16. The Morgan fingerprint density at radius 1 is 1.05 bits per heavy atom. The van der Waals surface area contributed by atoms with E-state index >= 15 is 0 Å². The molecule has 4 nitrogen and oxygen atoms in total. The molecule has 0 unspecified atom stereocenters. The van der Waals surface area contributed by atoms with E-state index in [2.05, 4.69) is 0 Å². The van der Waals surface area contributed by atoms with Crippen LogP contribution in [0.4, 0.5) is 0 Å². The van der Waals surface area contributed by atoms with Crippen LogP contribution in [0.25, 0.3) is 0 Å². The van der Waals surface area contributed by atoms with Crippen molar-refractivity contribution in [3.8, 4) is 11.5 Å². The van der Waals surface area contributed by atoms with Gasteiger partial charge in [0.15, 0.2) is 11.5 Å². The van der Waals surface area contributed by atoms with Crippen LogP contribution in [0.3, 0.4) is 0 Å². The van der Waals surface area contributed by atoms with Crippen LogP contribution in [0.5, 0.6) is 11.5 Å². The highest BCUT2D eigenvalue weighted by molar-refractivity contribution is 5.44. The Bertz CT molecular complexity index is 584. The second-order valence-corrected chi connectivity index (χ2v) is 5.18. The predicted molar refractivity (Wildman–Crippen MR) is 87.0 cm³/mol. The van der Waals surface area contributed by atoms with Crippen LogP contribution in [0, 0.1) is 0 Å². The number of ether oxygens (including phenoxy) is 2. The molecule has 0 aliphatic heterocycles. The Hall–Kier alpha value is -2.04. The van der Waals surface area contributed by atoms with Gasteiger partial charge in [0.2, 0.25) is 0 Å². The summed E-state index contributed by atoms with van der Waals surface area (Å²) in [6.07, 6.45) is -0.620. The molecule has 2 aromatic rings. The molecule has 22 heavy (non-hydrogen) atoms. The van der Waals surface area contributed by atoms with Crippen LogP contribution in [0.1, 0.15) is 31.0 Å². The number of nitrogens with two attached hydrogens (primary N) is 1. The lowest BCUT2D eigenvalue weighted by molar-refractivity contribution is 0.164. The average molecular weight is 301 g/mol. The standard InChI is InChI=1S/C18H23NO3/c1-3-21-17-11-15(18(19)13(2)20)9-10-16(17)22-12-14-7-5-4-6-8-14/h4-11,13,18,20H,3,12,19H2,1-2H3/t13-,18-/m1/s1. The smallest absolute Gasteiger partial charge is 0.161 e. The molecule has 3 N–H and O–H groups in total. The molecule has 0 fully saturated rings. The third-order valence-electron chi connectivity index (χ3n) is 3.41. The third kappa shape index (κ3) is 4.23. The minimum Gasteiger partial charge on any atom is -0.490 e. The van der Waals surface area contributed by atoms with E-state index in [4.69, 9.17) is 15.2 Å². The molecule has 0 aromatic heterocycles. The maximum absolute atomic E-state index is 9.62. The fourth-order valence-electron chi connectivity index (χ4n) is 2.13. The van der Waals surface area contributed by atoms with Gasteiger partial charge in [0.05, 0.1) is 18.8 Å². The minimum atomic E-state index is -0.620. The molecule has 0 aliphatic carbocycles. The largest absolute Gasteiger partial charge is 0.490 e. The van der Waals surface area contributed by atoms with E-state index in [0.717, 1.165) is 11.1 Å². The first kappa shape index (κ1) is 16.3. The van der Waals surface area contributed by atoms with Crippen molar-refractivity contribution >= 4 is 0 Å². The number of aliphatic hydroxyl groups is 1. The van der Waals surface area contributed by atoms with Gasteiger partial charge in [-0.05, 0) is 37.1 Å². The van der Waals surface area contributed by atoms with Crippen LogP contribution >= 0.6 is 0 Å². The molecule has 2 aromatic carbocycles. The molecule has 0 heterocycles. The Labute approximate surface area is 131 Å². The van der Waals surface area contributed by atoms with Gasteiger partial charge < -0.3 is 20.3 Å². The van der Waals surface area contributed by atoms with Crippen molar-refractivity contribution in [2.75, 3.05) is 6.61 Å². The fourth-order valence-corrected chi connectivity index (χ4v) is 2.13. The van der Waals surface area contributed by atoms with E-state index in [0.29, 0.717) is 24.7 Å². The molecule has 0 radical (unpaired) electrons. The summed E-state index contributed by atoms with van der Waals surface area (Å²) in [5.74, 6) is 1.32. The molecule has 0 saturated carbocycles. The molecular weight excluding hydrogens is 278 g/mol. The van der Waals surface area contributed by atoms with E-state index in [-0.39, 0.29) is 0 Å². The van der Waals surface area contributed by atoms with Gasteiger partial charge in [-0.15, -0.1) is 0 Å². The summed E-state index contributed by atoms with van der Waals surface area (Å²) in [5.41, 5.74) is 7.89. The summed E-state index contributed by atoms with van der Waals surface area (Å²) < 4.78 is 11.5. The summed E-state index contributed by atoms with van der Waals surface area (Å²) in [5, 5.41) is 9.62. The van der Waals surface area contributed by atoms with Crippen LogP contribution in [0.15, 0.2) is 48.5 Å². The molecule has 4 heteroatoms. The van der Waals surface area contributed by atoms with Crippen molar-refractivity contribution in [1.29, 1.82) is 0 Å². The van der Waals surface area contributed by atoms with Gasteiger partial charge in [0.25, 0.3) is 0 Å². The molecule has 2 rings (SSSR count). The fraction of sp³-hybridized carbons (Fsp3) is 0.333. The number of aliphatic hydroxyl groups excluding tert-OH is 1. The van der Waals surface area contributed by atoms with Crippen molar-refractivity contribution in [1.82, 2.24) is 0 Å². The summed E-state index contributed by atoms with van der Waals surface area (Å²) in [6, 6.07) is 15.0. The van der Waals surface area contributed by atoms with Gasteiger partial charge in [-0.2, -0.15) is 0 Å². The van der Waals surface area contributed by atoms with Gasteiger partial charge in [0, 0.05) is 0 Å². The predicted octanol–water partition coefficient (Wildman–Crippen LogP) is 3.04. The van der Waals surface area contributed by atoms with Crippen molar-refractivity contribution in [2.45, 2.75) is 32.6 Å². The molecular formula is C18H23NO3. The van der Waals surface area contributed by atoms with Crippen molar-refractivity contribution in [2.24, 2.45) is 5.73 Å².